The van der Waals surface area contributed by atoms with Crippen LogP contribution >= 0.6 is 22.9 Å². The molecule has 82 valence electrons. The van der Waals surface area contributed by atoms with Gasteiger partial charge in [0.15, 0.2) is 10.3 Å². The van der Waals surface area contributed by atoms with Crippen LogP contribution in [0.5, 0.6) is 0 Å². The molecule has 0 fully saturated rings. The van der Waals surface area contributed by atoms with Gasteiger partial charge in [0.2, 0.25) is 0 Å². The van der Waals surface area contributed by atoms with Crippen molar-refractivity contribution in [3.8, 4) is 6.07 Å². The molecule has 0 aliphatic carbocycles. The van der Waals surface area contributed by atoms with Crippen molar-refractivity contribution in [2.24, 2.45) is 0 Å². The number of hydrogen-bond acceptors (Lipinski definition) is 5. The van der Waals surface area contributed by atoms with E-state index >= 15 is 0 Å². The number of anilines is 1. The molecule has 4 nitrogen and oxygen atoms in total. The molecule has 0 aromatic carbocycles. The molecule has 0 unspecified atom stereocenters. The summed E-state index contributed by atoms with van der Waals surface area (Å²) in [6.07, 6.45) is 0.223. The first-order valence-electron chi connectivity index (χ1n) is 4.55. The Labute approximate surface area is 97.8 Å². The number of ether oxygens (including phenoxy) is 1. The lowest BCUT2D eigenvalue weighted by Crippen LogP contribution is -2.12. The van der Waals surface area contributed by atoms with Gasteiger partial charge in [-0.3, -0.25) is 0 Å². The summed E-state index contributed by atoms with van der Waals surface area (Å²) < 4.78 is 5.34. The fourth-order valence-corrected chi connectivity index (χ4v) is 1.87. The van der Waals surface area contributed by atoms with Crippen LogP contribution in [0.25, 0.3) is 0 Å². The summed E-state index contributed by atoms with van der Waals surface area (Å²) >= 11 is 6.96. The van der Waals surface area contributed by atoms with Crippen LogP contribution in [-0.2, 0) is 4.74 Å². The lowest BCUT2D eigenvalue weighted by atomic mass is 10.5. The Kier molecular flexibility index (Phi) is 4.82. The number of aromatic nitrogens is 1. The second-order valence-corrected chi connectivity index (χ2v) is 4.45. The summed E-state index contributed by atoms with van der Waals surface area (Å²) in [5, 5.41) is 12.6. The highest BCUT2D eigenvalue weighted by molar-refractivity contribution is 7.16. The first-order valence-corrected chi connectivity index (χ1v) is 5.75. The molecule has 0 aliphatic heterocycles. The van der Waals surface area contributed by atoms with Crippen LogP contribution in [0.4, 0.5) is 5.13 Å². The molecule has 6 heteroatoms. The Morgan fingerprint density at radius 3 is 2.93 bits per heavy atom. The molecule has 1 heterocycles. The lowest BCUT2D eigenvalue weighted by molar-refractivity contribution is 0.0870. The number of nitrogens with zero attached hydrogens (tertiary/aromatic N) is 2. The Morgan fingerprint density at radius 1 is 1.67 bits per heavy atom. The van der Waals surface area contributed by atoms with Crippen LogP contribution in [0.3, 0.4) is 0 Å². The van der Waals surface area contributed by atoms with Crippen molar-refractivity contribution in [2.45, 2.75) is 20.0 Å². The Morgan fingerprint density at radius 2 is 2.40 bits per heavy atom. The summed E-state index contributed by atoms with van der Waals surface area (Å²) in [6, 6.07) is 1.98. The lowest BCUT2D eigenvalue weighted by Gasteiger charge is -2.07. The molecule has 0 amide bonds. The predicted octanol–water partition coefficient (Wildman–Crippen LogP) is 2.51. The second kappa shape index (κ2) is 5.91. The Balaban J connectivity index is 2.35. The molecule has 1 aromatic heterocycles. The summed E-state index contributed by atoms with van der Waals surface area (Å²) in [6.45, 7) is 5.23. The normalized spacial score (nSPS) is 10.3. The van der Waals surface area contributed by atoms with Crippen LogP contribution in [0, 0.1) is 11.3 Å². The van der Waals surface area contributed by atoms with Crippen molar-refractivity contribution in [1.29, 1.82) is 5.26 Å². The molecular formula is C9H12ClN3OS. The highest BCUT2D eigenvalue weighted by Crippen LogP contribution is 2.25. The molecule has 0 spiro atoms. The van der Waals surface area contributed by atoms with Gasteiger partial charge in [-0.05, 0) is 13.8 Å². The van der Waals surface area contributed by atoms with Crippen LogP contribution < -0.4 is 5.32 Å². The van der Waals surface area contributed by atoms with Gasteiger partial charge in [-0.2, -0.15) is 5.26 Å². The molecule has 1 N–H and O–H groups in total. The summed E-state index contributed by atoms with van der Waals surface area (Å²) in [5.74, 6) is 0. The molecule has 1 rings (SSSR count). The molecule has 0 saturated heterocycles. The fraction of sp³-hybridized carbons (Fsp3) is 0.556. The van der Waals surface area contributed by atoms with Gasteiger partial charge < -0.3 is 10.1 Å². The van der Waals surface area contributed by atoms with Gasteiger partial charge in [0.25, 0.3) is 0 Å². The van der Waals surface area contributed by atoms with E-state index in [1.165, 1.54) is 11.3 Å². The Bertz CT molecular complexity index is 359. The van der Waals surface area contributed by atoms with E-state index in [1.54, 1.807) is 0 Å². The van der Waals surface area contributed by atoms with Crippen molar-refractivity contribution in [3.63, 3.8) is 0 Å². The summed E-state index contributed by atoms with van der Waals surface area (Å²) in [7, 11) is 0. The van der Waals surface area contributed by atoms with E-state index in [2.05, 4.69) is 10.3 Å². The average Bonchev–Trinajstić information content (AvgIpc) is 2.53. The molecule has 15 heavy (non-hydrogen) atoms. The quantitative estimate of drug-likeness (QED) is 0.810. The molecule has 0 saturated carbocycles. The maximum atomic E-state index is 8.66. The number of hydrogen-bond donors (Lipinski definition) is 1. The number of thiazole rings is 1. The van der Waals surface area contributed by atoms with Gasteiger partial charge >= 0.3 is 0 Å². The standard InChI is InChI=1S/C9H12ClN3OS/c1-6(2)14-4-3-12-9-13-8(10)7(5-11)15-9/h6H,3-4H2,1-2H3,(H,12,13). The minimum atomic E-state index is 0.223. The van der Waals surface area contributed by atoms with Gasteiger partial charge in [-0.1, -0.05) is 22.9 Å². The van der Waals surface area contributed by atoms with Crippen molar-refractivity contribution >= 4 is 28.1 Å². The molecule has 0 atom stereocenters. The van der Waals surface area contributed by atoms with E-state index in [-0.39, 0.29) is 11.3 Å². The third-order valence-electron chi connectivity index (χ3n) is 1.52. The van der Waals surface area contributed by atoms with Crippen molar-refractivity contribution in [1.82, 2.24) is 4.98 Å². The number of nitrogens with one attached hydrogen (secondary N) is 1. The van der Waals surface area contributed by atoms with E-state index in [1.807, 2.05) is 19.9 Å². The summed E-state index contributed by atoms with van der Waals surface area (Å²) in [5.41, 5.74) is 0. The minimum Gasteiger partial charge on any atom is -0.377 e. The van der Waals surface area contributed by atoms with Crippen molar-refractivity contribution in [2.75, 3.05) is 18.5 Å². The molecule has 0 radical (unpaired) electrons. The van der Waals surface area contributed by atoms with Crippen LogP contribution in [0.2, 0.25) is 5.15 Å². The van der Waals surface area contributed by atoms with Gasteiger partial charge in [0, 0.05) is 6.54 Å². The van der Waals surface area contributed by atoms with Crippen LogP contribution in [-0.4, -0.2) is 24.2 Å². The average molecular weight is 246 g/mol. The van der Waals surface area contributed by atoms with Gasteiger partial charge in [0.1, 0.15) is 10.9 Å². The predicted molar refractivity (Wildman–Crippen MR) is 61.4 cm³/mol. The van der Waals surface area contributed by atoms with E-state index in [9.17, 15) is 0 Å². The first kappa shape index (κ1) is 12.2. The maximum Gasteiger partial charge on any atom is 0.185 e. The minimum absolute atomic E-state index is 0.223. The van der Waals surface area contributed by atoms with Gasteiger partial charge in [-0.25, -0.2) is 4.98 Å². The fourth-order valence-electron chi connectivity index (χ4n) is 0.899. The van der Waals surface area contributed by atoms with E-state index in [4.69, 9.17) is 21.6 Å². The second-order valence-electron chi connectivity index (χ2n) is 3.10. The highest BCUT2D eigenvalue weighted by Gasteiger charge is 2.07. The SMILES string of the molecule is CC(C)OCCNc1nc(Cl)c(C#N)s1. The molecule has 0 bridgehead atoms. The summed E-state index contributed by atoms with van der Waals surface area (Å²) in [4.78, 5) is 4.43. The number of nitriles is 1. The van der Waals surface area contributed by atoms with E-state index in [0.717, 1.165) is 0 Å². The van der Waals surface area contributed by atoms with E-state index < -0.39 is 0 Å². The largest absolute Gasteiger partial charge is 0.377 e. The monoisotopic (exact) mass is 245 g/mol. The number of halogens is 1. The number of rotatable bonds is 5. The van der Waals surface area contributed by atoms with Crippen LogP contribution in [0.1, 0.15) is 18.7 Å². The Hall–Kier alpha value is -0.830. The van der Waals surface area contributed by atoms with Gasteiger partial charge in [-0.15, -0.1) is 0 Å². The third kappa shape index (κ3) is 4.04. The van der Waals surface area contributed by atoms with Gasteiger partial charge in [0.05, 0.1) is 12.7 Å². The highest BCUT2D eigenvalue weighted by atomic mass is 35.5. The molecule has 1 aromatic rings. The van der Waals surface area contributed by atoms with Crippen molar-refractivity contribution in [3.05, 3.63) is 10.0 Å². The van der Waals surface area contributed by atoms with Crippen molar-refractivity contribution < 1.29 is 4.74 Å². The zero-order valence-electron chi connectivity index (χ0n) is 8.58. The molecular weight excluding hydrogens is 234 g/mol. The third-order valence-corrected chi connectivity index (χ3v) is 2.82. The molecule has 0 aliphatic rings. The zero-order chi connectivity index (χ0) is 11.3. The maximum absolute atomic E-state index is 8.66. The topological polar surface area (TPSA) is 57.9 Å². The van der Waals surface area contributed by atoms with E-state index in [0.29, 0.717) is 23.2 Å². The van der Waals surface area contributed by atoms with Crippen LogP contribution in [0.15, 0.2) is 0 Å². The first-order chi connectivity index (χ1) is 7.13. The smallest absolute Gasteiger partial charge is 0.185 e. The zero-order valence-corrected chi connectivity index (χ0v) is 10.2.